The number of hydrogen-bond acceptors (Lipinski definition) is 7. The number of aromatic nitrogens is 6. The van der Waals surface area contributed by atoms with Crippen LogP contribution in [0.5, 0.6) is 0 Å². The van der Waals surface area contributed by atoms with Gasteiger partial charge in [0.05, 0.1) is 43.5 Å². The van der Waals surface area contributed by atoms with Gasteiger partial charge in [-0.1, -0.05) is 11.3 Å². The zero-order chi connectivity index (χ0) is 24.5. The molecular weight excluding hydrogens is 466 g/mol. The van der Waals surface area contributed by atoms with E-state index in [-0.39, 0.29) is 18.8 Å². The van der Waals surface area contributed by atoms with Gasteiger partial charge in [-0.05, 0) is 30.2 Å². The number of anilines is 1. The zero-order valence-corrected chi connectivity index (χ0v) is 19.9. The third-order valence-corrected chi connectivity index (χ3v) is 6.76. The van der Waals surface area contributed by atoms with Crippen LogP contribution >= 0.6 is 0 Å². The molecule has 36 heavy (non-hydrogen) atoms. The van der Waals surface area contributed by atoms with E-state index in [0.29, 0.717) is 19.6 Å². The van der Waals surface area contributed by atoms with Gasteiger partial charge in [0.1, 0.15) is 11.3 Å². The average Bonchev–Trinajstić information content (AvgIpc) is 3.50. The maximum absolute atomic E-state index is 13.0. The van der Waals surface area contributed by atoms with Crippen LogP contribution in [0.2, 0.25) is 0 Å². The Morgan fingerprint density at radius 3 is 2.78 bits per heavy atom. The first-order valence-corrected chi connectivity index (χ1v) is 12.2. The average molecular weight is 495 g/mol. The third-order valence-electron chi connectivity index (χ3n) is 6.76. The Hall–Kier alpha value is -3.44. The molecule has 0 unspecified atom stereocenters. The first kappa shape index (κ1) is 23.0. The van der Waals surface area contributed by atoms with Gasteiger partial charge in [-0.3, -0.25) is 4.98 Å². The molecule has 4 aromatic heterocycles. The Morgan fingerprint density at radius 1 is 1.08 bits per heavy atom. The van der Waals surface area contributed by atoms with Crippen molar-refractivity contribution in [2.45, 2.75) is 31.9 Å². The summed E-state index contributed by atoms with van der Waals surface area (Å²) >= 11 is 0. The van der Waals surface area contributed by atoms with Crippen molar-refractivity contribution in [2.24, 2.45) is 5.92 Å². The molecular formula is C25H28F2N8O. The smallest absolute Gasteiger partial charge is 0.248 e. The van der Waals surface area contributed by atoms with Crippen molar-refractivity contribution in [3.63, 3.8) is 0 Å². The molecule has 0 amide bonds. The minimum atomic E-state index is -2.47. The van der Waals surface area contributed by atoms with Gasteiger partial charge in [0, 0.05) is 56.6 Å². The summed E-state index contributed by atoms with van der Waals surface area (Å²) < 4.78 is 35.2. The van der Waals surface area contributed by atoms with Crippen molar-refractivity contribution in [3.05, 3.63) is 60.4 Å². The van der Waals surface area contributed by atoms with E-state index in [0.717, 1.165) is 60.2 Å². The molecule has 1 aliphatic carbocycles. The Balaban J connectivity index is 1.09. The van der Waals surface area contributed by atoms with Crippen molar-refractivity contribution < 1.29 is 13.5 Å². The van der Waals surface area contributed by atoms with Crippen LogP contribution in [0, 0.1) is 5.92 Å². The summed E-state index contributed by atoms with van der Waals surface area (Å²) in [6.07, 6.45) is 9.55. The maximum atomic E-state index is 13.0. The molecule has 0 bridgehead atoms. The van der Waals surface area contributed by atoms with Gasteiger partial charge in [0.15, 0.2) is 0 Å². The number of hydrogen-bond donors (Lipinski definition) is 1. The normalized spacial score (nSPS) is 18.0. The minimum absolute atomic E-state index is 0.0102. The van der Waals surface area contributed by atoms with Gasteiger partial charge < -0.3 is 19.4 Å². The fourth-order valence-electron chi connectivity index (χ4n) is 4.86. The summed E-state index contributed by atoms with van der Waals surface area (Å²) in [6.45, 7) is 4.89. The Morgan fingerprint density at radius 2 is 1.94 bits per heavy atom. The second kappa shape index (κ2) is 9.55. The van der Waals surface area contributed by atoms with Crippen LogP contribution in [0.3, 0.4) is 0 Å². The second-order valence-corrected chi connectivity index (χ2v) is 9.63. The summed E-state index contributed by atoms with van der Waals surface area (Å²) in [5.41, 5.74) is 5.53. The molecule has 9 nitrogen and oxygen atoms in total. The van der Waals surface area contributed by atoms with Gasteiger partial charge in [0.2, 0.25) is 5.92 Å². The van der Waals surface area contributed by atoms with Gasteiger partial charge in [0.25, 0.3) is 0 Å². The summed E-state index contributed by atoms with van der Waals surface area (Å²) in [4.78, 5) is 11.4. The molecule has 2 aliphatic rings. The Kier molecular flexibility index (Phi) is 6.10. The highest BCUT2D eigenvalue weighted by Crippen LogP contribution is 2.41. The largest absolute Gasteiger partial charge is 0.378 e. The lowest BCUT2D eigenvalue weighted by molar-refractivity contribution is -0.109. The van der Waals surface area contributed by atoms with Gasteiger partial charge in [-0.2, -0.15) is 0 Å². The van der Waals surface area contributed by atoms with Crippen molar-refractivity contribution in [3.8, 4) is 11.3 Å². The SMILES string of the molecule is FC1(F)CC(CNCc2ccc3nc(Cn4cc(-c5cncc(N6CCOCC6)c5)nn4)cn3c2)C1. The summed E-state index contributed by atoms with van der Waals surface area (Å²) in [5, 5.41) is 11.9. The topological polar surface area (TPSA) is 85.4 Å². The van der Waals surface area contributed by atoms with Crippen molar-refractivity contribution in [1.82, 2.24) is 34.7 Å². The predicted octanol–water partition coefficient (Wildman–Crippen LogP) is 3.01. The van der Waals surface area contributed by atoms with Crippen molar-refractivity contribution in [2.75, 3.05) is 37.7 Å². The van der Waals surface area contributed by atoms with E-state index >= 15 is 0 Å². The highest BCUT2D eigenvalue weighted by molar-refractivity contribution is 5.63. The fourth-order valence-corrected chi connectivity index (χ4v) is 4.86. The van der Waals surface area contributed by atoms with Crippen molar-refractivity contribution in [1.29, 1.82) is 0 Å². The number of pyridine rings is 2. The fraction of sp³-hybridized carbons (Fsp3) is 0.440. The van der Waals surface area contributed by atoms with Crippen LogP contribution in [0.4, 0.5) is 14.5 Å². The van der Waals surface area contributed by atoms with E-state index in [4.69, 9.17) is 9.72 Å². The monoisotopic (exact) mass is 494 g/mol. The Labute approximate surface area is 207 Å². The number of fused-ring (bicyclic) bond motifs is 1. The highest BCUT2D eigenvalue weighted by atomic mass is 19.3. The van der Waals surface area contributed by atoms with Crippen molar-refractivity contribution >= 4 is 11.3 Å². The van der Waals surface area contributed by atoms with E-state index in [1.165, 1.54) is 0 Å². The molecule has 0 atom stereocenters. The molecule has 1 saturated carbocycles. The predicted molar refractivity (Wildman–Crippen MR) is 130 cm³/mol. The van der Waals surface area contributed by atoms with Crippen LogP contribution in [-0.2, 0) is 17.8 Å². The lowest BCUT2D eigenvalue weighted by Crippen LogP contribution is -2.40. The van der Waals surface area contributed by atoms with E-state index in [1.54, 1.807) is 10.9 Å². The van der Waals surface area contributed by atoms with Gasteiger partial charge in [-0.25, -0.2) is 18.4 Å². The molecule has 6 rings (SSSR count). The van der Waals surface area contributed by atoms with Crippen LogP contribution in [0.1, 0.15) is 24.1 Å². The molecule has 1 N–H and O–H groups in total. The summed E-state index contributed by atoms with van der Waals surface area (Å²) in [6, 6.07) is 6.06. The third kappa shape index (κ3) is 5.07. The standard InChI is InChI=1S/C25H28F2N8O/c26-25(27)8-19(9-25)11-28-10-18-1-2-24-30-21(15-34(24)14-18)16-35-17-23(31-32-35)20-7-22(13-29-12-20)33-3-5-36-6-4-33/h1-2,7,12-15,17,19,28H,3-6,8-11,16H2. The van der Waals surface area contributed by atoms with Gasteiger partial charge >= 0.3 is 0 Å². The maximum Gasteiger partial charge on any atom is 0.248 e. The molecule has 2 fully saturated rings. The summed E-state index contributed by atoms with van der Waals surface area (Å²) in [5.74, 6) is -2.40. The number of nitrogens with one attached hydrogen (secondary N) is 1. The van der Waals surface area contributed by atoms with Crippen LogP contribution in [0.15, 0.2) is 49.2 Å². The molecule has 1 aliphatic heterocycles. The zero-order valence-electron chi connectivity index (χ0n) is 19.9. The molecule has 0 radical (unpaired) electrons. The van der Waals surface area contributed by atoms with E-state index in [9.17, 15) is 8.78 Å². The minimum Gasteiger partial charge on any atom is -0.378 e. The summed E-state index contributed by atoms with van der Waals surface area (Å²) in [7, 11) is 0. The number of nitrogens with zero attached hydrogens (tertiary/aromatic N) is 7. The van der Waals surface area contributed by atoms with Gasteiger partial charge in [-0.15, -0.1) is 5.10 Å². The number of halogens is 2. The lowest BCUT2D eigenvalue weighted by Gasteiger charge is -2.35. The number of alkyl halides is 2. The molecule has 5 heterocycles. The number of imidazole rings is 1. The lowest BCUT2D eigenvalue weighted by atomic mass is 9.81. The van der Waals surface area contributed by atoms with E-state index in [2.05, 4.69) is 31.6 Å². The number of ether oxygens (including phenoxy) is 1. The first-order chi connectivity index (χ1) is 17.5. The first-order valence-electron chi connectivity index (χ1n) is 12.2. The molecule has 11 heteroatoms. The molecule has 0 spiro atoms. The second-order valence-electron chi connectivity index (χ2n) is 9.63. The molecule has 0 aromatic carbocycles. The van der Waals surface area contributed by atoms with Crippen LogP contribution in [0.25, 0.3) is 16.9 Å². The Bertz CT molecular complexity index is 1340. The van der Waals surface area contributed by atoms with Crippen LogP contribution in [-0.4, -0.2) is 68.1 Å². The number of morpholine rings is 1. The van der Waals surface area contributed by atoms with E-state index in [1.807, 2.05) is 41.3 Å². The van der Waals surface area contributed by atoms with E-state index < -0.39 is 5.92 Å². The highest BCUT2D eigenvalue weighted by Gasteiger charge is 2.44. The molecule has 1 saturated heterocycles. The molecule has 4 aromatic rings. The quantitative estimate of drug-likeness (QED) is 0.403. The number of rotatable bonds is 8. The molecule has 188 valence electrons. The van der Waals surface area contributed by atoms with Crippen LogP contribution < -0.4 is 10.2 Å².